The van der Waals surface area contributed by atoms with Gasteiger partial charge in [0.25, 0.3) is 0 Å². The minimum Gasteiger partial charge on any atom is -0.872 e. The molecule has 0 aliphatic rings. The third-order valence-corrected chi connectivity index (χ3v) is 2.20. The fourth-order valence-corrected chi connectivity index (χ4v) is 1.29. The summed E-state index contributed by atoms with van der Waals surface area (Å²) in [6, 6.07) is 3.56. The minimum absolute atomic E-state index is 0.0816. The van der Waals surface area contributed by atoms with Gasteiger partial charge in [0.05, 0.1) is 11.3 Å². The molecule has 1 aromatic carbocycles. The van der Waals surface area contributed by atoms with Crippen molar-refractivity contribution in [2.45, 2.75) is 0 Å². The van der Waals surface area contributed by atoms with Gasteiger partial charge >= 0.3 is 5.97 Å². The molecule has 2 aromatic rings. The van der Waals surface area contributed by atoms with Crippen LogP contribution in [0.1, 0.15) is 10.4 Å². The number of aromatic nitrogens is 2. The number of benzene rings is 1. The summed E-state index contributed by atoms with van der Waals surface area (Å²) >= 11 is 0. The van der Waals surface area contributed by atoms with Crippen LogP contribution in [0.4, 0.5) is 23.3 Å². The Bertz CT molecular complexity index is 644. The van der Waals surface area contributed by atoms with Crippen molar-refractivity contribution in [1.82, 2.24) is 9.97 Å². The molecule has 98 valence electrons. The Morgan fingerprint density at radius 2 is 2.11 bits per heavy atom. The molecule has 0 spiro atoms. The van der Waals surface area contributed by atoms with E-state index in [1.54, 1.807) is 0 Å². The molecule has 9 heteroatoms. The lowest BCUT2D eigenvalue weighted by atomic mass is 10.2. The number of aromatic amines is 1. The van der Waals surface area contributed by atoms with E-state index in [0.29, 0.717) is 0 Å². The zero-order chi connectivity index (χ0) is 14.0. The van der Waals surface area contributed by atoms with Gasteiger partial charge < -0.3 is 26.7 Å². The molecule has 9 nitrogen and oxygen atoms in total. The van der Waals surface area contributed by atoms with Crippen molar-refractivity contribution < 1.29 is 15.0 Å². The number of carboxylic acid groups (broad SMARTS) is 1. The molecular weight excluding hydrogens is 252 g/mol. The standard InChI is InChI=1S/C10H10N6O3/c11-7-8(12)14-10(13-7)16-15-4-1-2-6(17)5(3-4)9(18)19/h1-3,17H,11-12H2,(H,13,14)(H,18,19)/p-1. The van der Waals surface area contributed by atoms with Crippen molar-refractivity contribution in [3.05, 3.63) is 23.8 Å². The Kier molecular flexibility index (Phi) is 3.02. The molecule has 0 radical (unpaired) electrons. The van der Waals surface area contributed by atoms with Crippen molar-refractivity contribution in [3.63, 3.8) is 0 Å². The summed E-state index contributed by atoms with van der Waals surface area (Å²) < 4.78 is 0. The number of aromatic carboxylic acids is 1. The number of carboxylic acids is 1. The van der Waals surface area contributed by atoms with E-state index in [2.05, 4.69) is 20.2 Å². The molecule has 1 heterocycles. The minimum atomic E-state index is -1.33. The average Bonchev–Trinajstić information content (AvgIpc) is 2.67. The van der Waals surface area contributed by atoms with Gasteiger partial charge in [-0.25, -0.2) is 4.79 Å². The van der Waals surface area contributed by atoms with E-state index >= 15 is 0 Å². The number of carbonyl (C=O) groups is 1. The van der Waals surface area contributed by atoms with Crippen molar-refractivity contribution in [1.29, 1.82) is 0 Å². The Morgan fingerprint density at radius 1 is 1.37 bits per heavy atom. The monoisotopic (exact) mass is 261 g/mol. The van der Waals surface area contributed by atoms with Crippen LogP contribution in [0.15, 0.2) is 28.4 Å². The molecule has 0 fully saturated rings. The number of rotatable bonds is 3. The number of nitrogen functional groups attached to an aromatic ring is 2. The van der Waals surface area contributed by atoms with Gasteiger partial charge in [0.1, 0.15) is 5.82 Å². The van der Waals surface area contributed by atoms with E-state index in [1.165, 1.54) is 6.07 Å². The number of hydrogen-bond donors (Lipinski definition) is 4. The lowest BCUT2D eigenvalue weighted by Gasteiger charge is -2.08. The fraction of sp³-hybridized carbons (Fsp3) is 0. The van der Waals surface area contributed by atoms with Gasteiger partial charge in [-0.05, 0) is 12.1 Å². The number of nitrogens with zero attached hydrogens (tertiary/aromatic N) is 3. The molecule has 0 aliphatic carbocycles. The molecule has 0 bridgehead atoms. The summed E-state index contributed by atoms with van der Waals surface area (Å²) in [5.41, 5.74) is 10.7. The predicted molar refractivity (Wildman–Crippen MR) is 64.4 cm³/mol. The second kappa shape index (κ2) is 4.64. The van der Waals surface area contributed by atoms with Crippen LogP contribution in [0, 0.1) is 0 Å². The van der Waals surface area contributed by atoms with Crippen LogP contribution in [-0.2, 0) is 0 Å². The molecule has 0 amide bonds. The summed E-state index contributed by atoms with van der Waals surface area (Å²) in [5.74, 6) is -1.59. The SMILES string of the molecule is Nc1nc(N=Nc2ccc([O-])c(C(=O)O)c2)[nH]c1N. The fourth-order valence-electron chi connectivity index (χ4n) is 1.29. The molecule has 0 saturated heterocycles. The lowest BCUT2D eigenvalue weighted by Crippen LogP contribution is -2.02. The van der Waals surface area contributed by atoms with Crippen molar-refractivity contribution in [3.8, 4) is 5.75 Å². The molecule has 0 unspecified atom stereocenters. The maximum Gasteiger partial charge on any atom is 0.335 e. The molecule has 0 aliphatic heterocycles. The first kappa shape index (κ1) is 12.4. The van der Waals surface area contributed by atoms with Gasteiger partial charge in [0.15, 0.2) is 5.82 Å². The van der Waals surface area contributed by atoms with Gasteiger partial charge in [0.2, 0.25) is 5.95 Å². The van der Waals surface area contributed by atoms with E-state index in [4.69, 9.17) is 16.6 Å². The summed E-state index contributed by atoms with van der Waals surface area (Å²) in [7, 11) is 0. The number of nitrogens with one attached hydrogen (secondary N) is 1. The van der Waals surface area contributed by atoms with E-state index in [9.17, 15) is 9.90 Å². The van der Waals surface area contributed by atoms with E-state index in [-0.39, 0.29) is 28.8 Å². The number of hydrogen-bond acceptors (Lipinski definition) is 7. The molecule has 2 rings (SSSR count). The molecule has 6 N–H and O–H groups in total. The number of azo groups is 1. The Labute approximate surface area is 106 Å². The number of anilines is 2. The van der Waals surface area contributed by atoms with Crippen LogP contribution >= 0.6 is 0 Å². The van der Waals surface area contributed by atoms with Crippen molar-refractivity contribution in [2.75, 3.05) is 11.5 Å². The van der Waals surface area contributed by atoms with Crippen LogP contribution in [0.2, 0.25) is 0 Å². The molecular formula is C10H9N6O3-. The first-order valence-corrected chi connectivity index (χ1v) is 5.04. The highest BCUT2D eigenvalue weighted by Crippen LogP contribution is 2.23. The van der Waals surface area contributed by atoms with E-state index in [0.717, 1.165) is 12.1 Å². The number of imidazole rings is 1. The van der Waals surface area contributed by atoms with Crippen LogP contribution < -0.4 is 16.6 Å². The highest BCUT2D eigenvalue weighted by molar-refractivity contribution is 5.91. The van der Waals surface area contributed by atoms with Crippen LogP contribution in [-0.4, -0.2) is 21.0 Å². The zero-order valence-electron chi connectivity index (χ0n) is 9.49. The van der Waals surface area contributed by atoms with Crippen LogP contribution in [0.25, 0.3) is 0 Å². The number of H-pyrrole nitrogens is 1. The first-order chi connectivity index (χ1) is 8.97. The third-order valence-electron chi connectivity index (χ3n) is 2.20. The normalized spacial score (nSPS) is 10.9. The lowest BCUT2D eigenvalue weighted by molar-refractivity contribution is -0.268. The van der Waals surface area contributed by atoms with Gasteiger partial charge in [-0.2, -0.15) is 4.98 Å². The quantitative estimate of drug-likeness (QED) is 0.595. The average molecular weight is 261 g/mol. The van der Waals surface area contributed by atoms with E-state index in [1.807, 2.05) is 0 Å². The molecule has 1 aromatic heterocycles. The van der Waals surface area contributed by atoms with Gasteiger partial charge in [-0.1, -0.05) is 11.8 Å². The largest absolute Gasteiger partial charge is 0.872 e. The van der Waals surface area contributed by atoms with Crippen molar-refractivity contribution >= 4 is 29.2 Å². The highest BCUT2D eigenvalue weighted by Gasteiger charge is 2.05. The summed E-state index contributed by atoms with van der Waals surface area (Å²) in [4.78, 5) is 17.1. The van der Waals surface area contributed by atoms with Gasteiger partial charge in [-0.15, -0.1) is 10.2 Å². The second-order valence-corrected chi connectivity index (χ2v) is 3.54. The smallest absolute Gasteiger partial charge is 0.335 e. The Morgan fingerprint density at radius 3 is 2.68 bits per heavy atom. The zero-order valence-corrected chi connectivity index (χ0v) is 9.49. The highest BCUT2D eigenvalue weighted by atomic mass is 16.4. The Hall–Kier alpha value is -3.10. The van der Waals surface area contributed by atoms with Crippen LogP contribution in [0.3, 0.4) is 0 Å². The van der Waals surface area contributed by atoms with E-state index < -0.39 is 11.7 Å². The molecule has 0 atom stereocenters. The summed E-state index contributed by atoms with van der Waals surface area (Å²) in [5, 5.41) is 27.4. The van der Waals surface area contributed by atoms with Gasteiger partial charge in [0, 0.05) is 0 Å². The Balaban J connectivity index is 2.28. The van der Waals surface area contributed by atoms with Gasteiger partial charge in [-0.3, -0.25) is 0 Å². The maximum absolute atomic E-state index is 11.2. The van der Waals surface area contributed by atoms with Crippen LogP contribution in [0.5, 0.6) is 5.75 Å². The van der Waals surface area contributed by atoms with Crippen molar-refractivity contribution in [2.24, 2.45) is 10.2 Å². The first-order valence-electron chi connectivity index (χ1n) is 5.04. The molecule has 19 heavy (non-hydrogen) atoms. The summed E-state index contributed by atoms with van der Waals surface area (Å²) in [6.45, 7) is 0. The predicted octanol–water partition coefficient (Wildman–Crippen LogP) is 0.761. The molecule has 0 saturated carbocycles. The third kappa shape index (κ3) is 2.60. The summed E-state index contributed by atoms with van der Waals surface area (Å²) in [6.07, 6.45) is 0. The second-order valence-electron chi connectivity index (χ2n) is 3.54. The number of nitrogens with two attached hydrogens (primary N) is 2. The topological polar surface area (TPSA) is 166 Å². The maximum atomic E-state index is 11.2.